The zero-order valence-corrected chi connectivity index (χ0v) is 14.3. The standard InChI is InChI=1S/C20H12F3N3O2/c21-12-7-16(22)15(17(23)8-12)10-26-11-25-20(27)14-9-13(4-5-18(14)26)28-19-3-1-2-6-24-19/h1-9,11H,10H2. The highest BCUT2D eigenvalue weighted by atomic mass is 19.1. The highest BCUT2D eigenvalue weighted by molar-refractivity contribution is 5.79. The molecular weight excluding hydrogens is 371 g/mol. The number of pyridine rings is 1. The molecule has 2 aromatic heterocycles. The van der Waals surface area contributed by atoms with Crippen LogP contribution in [0.25, 0.3) is 10.9 Å². The van der Waals surface area contributed by atoms with Gasteiger partial charge in [0.05, 0.1) is 23.8 Å². The van der Waals surface area contributed by atoms with Gasteiger partial charge in [0.15, 0.2) is 0 Å². The molecule has 4 aromatic rings. The number of ether oxygens (including phenoxy) is 1. The molecule has 2 aromatic carbocycles. The molecule has 0 saturated heterocycles. The lowest BCUT2D eigenvalue weighted by Gasteiger charge is -2.12. The van der Waals surface area contributed by atoms with Crippen LogP contribution in [0.2, 0.25) is 0 Å². The van der Waals surface area contributed by atoms with E-state index in [1.54, 1.807) is 36.5 Å². The lowest BCUT2D eigenvalue weighted by Crippen LogP contribution is -2.14. The first-order valence-electron chi connectivity index (χ1n) is 8.23. The molecule has 0 atom stereocenters. The number of halogens is 3. The van der Waals surface area contributed by atoms with Crippen molar-refractivity contribution in [3.63, 3.8) is 0 Å². The maximum absolute atomic E-state index is 14.0. The van der Waals surface area contributed by atoms with Gasteiger partial charge in [-0.2, -0.15) is 4.98 Å². The van der Waals surface area contributed by atoms with Crippen LogP contribution < -0.4 is 10.3 Å². The smallest absolute Gasteiger partial charge is 0.280 e. The van der Waals surface area contributed by atoms with Crippen molar-refractivity contribution in [2.24, 2.45) is 0 Å². The number of fused-ring (bicyclic) bond motifs is 1. The molecule has 5 nitrogen and oxygen atoms in total. The number of benzene rings is 2. The molecule has 140 valence electrons. The molecule has 0 N–H and O–H groups in total. The number of rotatable bonds is 4. The van der Waals surface area contributed by atoms with Gasteiger partial charge >= 0.3 is 0 Å². The van der Waals surface area contributed by atoms with E-state index in [4.69, 9.17) is 4.74 Å². The summed E-state index contributed by atoms with van der Waals surface area (Å²) in [6.45, 7) is -0.262. The van der Waals surface area contributed by atoms with E-state index in [2.05, 4.69) is 9.97 Å². The molecule has 0 fully saturated rings. The van der Waals surface area contributed by atoms with Crippen LogP contribution in [-0.4, -0.2) is 14.5 Å². The predicted octanol–water partition coefficient (Wildman–Crippen LogP) is 4.05. The molecule has 0 aliphatic heterocycles. The van der Waals surface area contributed by atoms with E-state index in [0.717, 1.165) is 0 Å². The molecule has 0 unspecified atom stereocenters. The van der Waals surface area contributed by atoms with Gasteiger partial charge in [0.2, 0.25) is 5.88 Å². The van der Waals surface area contributed by atoms with Crippen molar-refractivity contribution in [3.8, 4) is 11.6 Å². The van der Waals surface area contributed by atoms with Crippen molar-refractivity contribution < 1.29 is 17.9 Å². The summed E-state index contributed by atoms with van der Waals surface area (Å²) in [7, 11) is 0. The predicted molar refractivity (Wildman–Crippen MR) is 95.7 cm³/mol. The summed E-state index contributed by atoms with van der Waals surface area (Å²) in [5, 5.41) is 0.207. The third-order valence-corrected chi connectivity index (χ3v) is 4.12. The van der Waals surface area contributed by atoms with Crippen LogP contribution in [0.3, 0.4) is 0 Å². The molecule has 2 heterocycles. The lowest BCUT2D eigenvalue weighted by molar-refractivity contribution is 0.463. The highest BCUT2D eigenvalue weighted by Gasteiger charge is 2.14. The van der Waals surface area contributed by atoms with E-state index in [1.807, 2.05) is 0 Å². The largest absolute Gasteiger partial charge is 0.439 e. The Morgan fingerprint density at radius 1 is 0.964 bits per heavy atom. The Labute approximate surface area is 156 Å². The average Bonchev–Trinajstić information content (AvgIpc) is 2.67. The minimum atomic E-state index is -1.01. The minimum Gasteiger partial charge on any atom is -0.439 e. The summed E-state index contributed by atoms with van der Waals surface area (Å²) in [6.07, 6.45) is 2.75. The first-order chi connectivity index (χ1) is 13.5. The van der Waals surface area contributed by atoms with Crippen LogP contribution in [0.5, 0.6) is 11.6 Å². The van der Waals surface area contributed by atoms with Gasteiger partial charge in [0.1, 0.15) is 23.2 Å². The summed E-state index contributed by atoms with van der Waals surface area (Å²) in [4.78, 5) is 20.0. The van der Waals surface area contributed by atoms with Gasteiger partial charge in [-0.25, -0.2) is 18.2 Å². The molecule has 0 amide bonds. The van der Waals surface area contributed by atoms with E-state index >= 15 is 0 Å². The molecule has 8 heteroatoms. The van der Waals surface area contributed by atoms with Crippen molar-refractivity contribution in [3.05, 3.63) is 94.4 Å². The van der Waals surface area contributed by atoms with Crippen LogP contribution in [0.4, 0.5) is 13.2 Å². The van der Waals surface area contributed by atoms with Gasteiger partial charge in [0.25, 0.3) is 5.56 Å². The third kappa shape index (κ3) is 3.44. The fourth-order valence-electron chi connectivity index (χ4n) is 2.80. The van der Waals surface area contributed by atoms with Gasteiger partial charge in [-0.1, -0.05) is 6.07 Å². The van der Waals surface area contributed by atoms with E-state index in [-0.39, 0.29) is 17.5 Å². The van der Waals surface area contributed by atoms with Crippen LogP contribution in [0, 0.1) is 17.5 Å². The molecule has 0 saturated carbocycles. The van der Waals surface area contributed by atoms with Crippen LogP contribution >= 0.6 is 0 Å². The maximum Gasteiger partial charge on any atom is 0.280 e. The molecule has 4 rings (SSSR count). The second-order valence-corrected chi connectivity index (χ2v) is 5.97. The summed E-state index contributed by atoms with van der Waals surface area (Å²) < 4.78 is 48.1. The second kappa shape index (κ2) is 7.15. The zero-order chi connectivity index (χ0) is 19.7. The molecule has 0 spiro atoms. The average molecular weight is 383 g/mol. The first kappa shape index (κ1) is 17.7. The van der Waals surface area contributed by atoms with Gasteiger partial charge in [0, 0.05) is 30.0 Å². The summed E-state index contributed by atoms with van der Waals surface area (Å²) in [6, 6.07) is 11.0. The fraction of sp³-hybridized carbons (Fsp3) is 0.0500. The monoisotopic (exact) mass is 383 g/mol. The number of hydrogen-bond acceptors (Lipinski definition) is 4. The van der Waals surface area contributed by atoms with Crippen molar-refractivity contribution in [2.75, 3.05) is 0 Å². The minimum absolute atomic E-state index is 0.207. The topological polar surface area (TPSA) is 57.0 Å². The Kier molecular flexibility index (Phi) is 4.52. The molecule has 28 heavy (non-hydrogen) atoms. The second-order valence-electron chi connectivity index (χ2n) is 5.97. The van der Waals surface area contributed by atoms with Crippen molar-refractivity contribution >= 4 is 10.9 Å². The fourth-order valence-corrected chi connectivity index (χ4v) is 2.80. The van der Waals surface area contributed by atoms with Gasteiger partial charge < -0.3 is 9.30 Å². The summed E-state index contributed by atoms with van der Waals surface area (Å²) in [5.74, 6) is -2.32. The lowest BCUT2D eigenvalue weighted by atomic mass is 10.1. The van der Waals surface area contributed by atoms with E-state index in [0.29, 0.717) is 29.3 Å². The van der Waals surface area contributed by atoms with Gasteiger partial charge in [-0.15, -0.1) is 0 Å². The van der Waals surface area contributed by atoms with Crippen molar-refractivity contribution in [1.82, 2.24) is 14.5 Å². The summed E-state index contributed by atoms with van der Waals surface area (Å²) in [5.41, 5.74) is -0.448. The summed E-state index contributed by atoms with van der Waals surface area (Å²) >= 11 is 0. The van der Waals surface area contributed by atoms with Gasteiger partial charge in [-0.3, -0.25) is 4.79 Å². The van der Waals surface area contributed by atoms with E-state index in [9.17, 15) is 18.0 Å². The number of nitrogens with zero attached hydrogens (tertiary/aromatic N) is 3. The Balaban J connectivity index is 1.75. The van der Waals surface area contributed by atoms with Gasteiger partial charge in [-0.05, 0) is 24.3 Å². The Morgan fingerprint density at radius 2 is 1.75 bits per heavy atom. The van der Waals surface area contributed by atoms with Crippen molar-refractivity contribution in [2.45, 2.75) is 6.54 Å². The third-order valence-electron chi connectivity index (χ3n) is 4.12. The zero-order valence-electron chi connectivity index (χ0n) is 14.3. The van der Waals surface area contributed by atoms with E-state index in [1.165, 1.54) is 17.0 Å². The quantitative estimate of drug-likeness (QED) is 0.534. The Bertz CT molecular complexity index is 1200. The van der Waals surface area contributed by atoms with Crippen LogP contribution in [-0.2, 0) is 6.54 Å². The highest BCUT2D eigenvalue weighted by Crippen LogP contribution is 2.24. The molecule has 0 radical (unpaired) electrons. The Morgan fingerprint density at radius 3 is 2.46 bits per heavy atom. The molecule has 0 bridgehead atoms. The molecular formula is C20H12F3N3O2. The number of hydrogen-bond donors (Lipinski definition) is 0. The normalized spacial score (nSPS) is 11.0. The molecule has 0 aliphatic rings. The van der Waals surface area contributed by atoms with E-state index < -0.39 is 23.0 Å². The Hall–Kier alpha value is -3.68. The van der Waals surface area contributed by atoms with Crippen LogP contribution in [0.1, 0.15) is 5.56 Å². The molecule has 0 aliphatic carbocycles. The van der Waals surface area contributed by atoms with Crippen molar-refractivity contribution in [1.29, 1.82) is 0 Å². The number of aromatic nitrogens is 3. The maximum atomic E-state index is 14.0. The van der Waals surface area contributed by atoms with Crippen LogP contribution in [0.15, 0.2) is 65.8 Å². The SMILES string of the molecule is O=c1ncn(Cc2c(F)cc(F)cc2F)c2ccc(Oc3ccccn3)cc12. The first-order valence-corrected chi connectivity index (χ1v) is 8.23.